The minimum absolute atomic E-state index is 0.372. The van der Waals surface area contributed by atoms with Crippen LogP contribution in [0.5, 0.6) is 0 Å². The minimum atomic E-state index is -1.26. The highest BCUT2D eigenvalue weighted by molar-refractivity contribution is 5.80. The molecular formula is C74H145NO5. The lowest BCUT2D eigenvalue weighted by molar-refractivity contribution is -0.132. The zero-order valence-corrected chi connectivity index (χ0v) is 54.4. The Morgan fingerprint density at radius 2 is 0.537 bits per heavy atom. The van der Waals surface area contributed by atoms with E-state index in [-0.39, 0.29) is 0 Å². The second-order valence-corrected chi connectivity index (χ2v) is 25.7. The highest BCUT2D eigenvalue weighted by atomic mass is 16.3. The lowest BCUT2D eigenvalue weighted by Crippen LogP contribution is -2.53. The van der Waals surface area contributed by atoms with Gasteiger partial charge in [0.2, 0.25) is 5.91 Å². The van der Waals surface area contributed by atoms with E-state index in [4.69, 9.17) is 0 Å². The van der Waals surface area contributed by atoms with E-state index in [1.54, 1.807) is 0 Å². The average Bonchev–Trinajstić information content (AvgIpc) is 3.46. The van der Waals surface area contributed by atoms with E-state index >= 15 is 0 Å². The Labute approximate surface area is 501 Å². The fraction of sp³-hybridized carbons (Fsp3) is 0.932. The van der Waals surface area contributed by atoms with Crippen LogP contribution in [-0.2, 0) is 4.79 Å². The van der Waals surface area contributed by atoms with Crippen molar-refractivity contribution in [2.75, 3.05) is 6.61 Å². The molecule has 4 unspecified atom stereocenters. The Bertz CT molecular complexity index is 1220. The maximum absolute atomic E-state index is 12.7. The van der Waals surface area contributed by atoms with Gasteiger partial charge in [-0.15, -0.1) is 0 Å². The van der Waals surface area contributed by atoms with Crippen LogP contribution in [0, 0.1) is 0 Å². The number of hydrogen-bond acceptors (Lipinski definition) is 5. The summed E-state index contributed by atoms with van der Waals surface area (Å²) in [5, 5.41) is 44.3. The molecule has 0 radical (unpaired) electrons. The van der Waals surface area contributed by atoms with E-state index in [0.717, 1.165) is 44.9 Å². The largest absolute Gasteiger partial charge is 0.394 e. The number of carbonyl (C=O) groups excluding carboxylic acids is 1. The van der Waals surface area contributed by atoms with Gasteiger partial charge in [-0.3, -0.25) is 4.79 Å². The van der Waals surface area contributed by atoms with Gasteiger partial charge in [0, 0.05) is 0 Å². The molecule has 0 rings (SSSR count). The maximum Gasteiger partial charge on any atom is 0.249 e. The summed E-state index contributed by atoms with van der Waals surface area (Å²) in [6.07, 6.45) is 87.5. The molecule has 0 bridgehead atoms. The Morgan fingerprint density at radius 1 is 0.312 bits per heavy atom. The number of unbranched alkanes of at least 4 members (excludes halogenated alkanes) is 56. The van der Waals surface area contributed by atoms with Crippen molar-refractivity contribution in [3.63, 3.8) is 0 Å². The van der Waals surface area contributed by atoms with Crippen LogP contribution in [0.2, 0.25) is 0 Å². The first kappa shape index (κ1) is 78.8. The standard InChI is InChI=1S/C74H145NO5/c1-3-5-7-9-11-13-15-17-19-21-23-25-27-29-31-33-34-35-36-37-38-39-40-42-44-46-48-50-52-54-56-58-60-62-64-66-68-72(78)74(80)75-70(69-76)73(79)71(77)67-65-63-61-59-57-55-53-51-49-47-45-43-41-32-30-28-26-24-22-20-18-16-14-12-10-8-6-4-2/h31,33,35-36,70-73,76-79H,3-30,32,34,37-69H2,1-2H3,(H,75,80)/b33-31-,36-35-. The molecule has 6 nitrogen and oxygen atoms in total. The van der Waals surface area contributed by atoms with Crippen molar-refractivity contribution in [3.05, 3.63) is 24.3 Å². The third-order valence-electron chi connectivity index (χ3n) is 17.7. The molecule has 0 aromatic heterocycles. The van der Waals surface area contributed by atoms with E-state index in [1.807, 2.05) is 0 Å². The fourth-order valence-corrected chi connectivity index (χ4v) is 12.0. The zero-order valence-electron chi connectivity index (χ0n) is 54.4. The summed E-state index contributed by atoms with van der Waals surface area (Å²) in [6, 6.07) is -0.986. The molecule has 1 amide bonds. The summed E-state index contributed by atoms with van der Waals surface area (Å²) < 4.78 is 0. The number of allylic oxidation sites excluding steroid dienone is 4. The summed E-state index contributed by atoms with van der Waals surface area (Å²) in [5.74, 6) is -0.576. The second kappa shape index (κ2) is 68.6. The number of aliphatic hydroxyl groups is 4. The fourth-order valence-electron chi connectivity index (χ4n) is 12.0. The monoisotopic (exact) mass is 1130 g/mol. The quantitative estimate of drug-likeness (QED) is 0.0308. The third kappa shape index (κ3) is 61.4. The predicted molar refractivity (Wildman–Crippen MR) is 353 cm³/mol. The number of nitrogens with one attached hydrogen (secondary N) is 1. The molecule has 0 spiro atoms. The summed E-state index contributed by atoms with van der Waals surface area (Å²) in [6.45, 7) is 4.12. The van der Waals surface area contributed by atoms with E-state index in [0.29, 0.717) is 12.8 Å². The van der Waals surface area contributed by atoms with Crippen LogP contribution < -0.4 is 5.32 Å². The smallest absolute Gasteiger partial charge is 0.249 e. The molecule has 0 aromatic rings. The number of hydrogen-bond donors (Lipinski definition) is 5. The van der Waals surface area contributed by atoms with Crippen molar-refractivity contribution in [1.82, 2.24) is 5.32 Å². The van der Waals surface area contributed by atoms with Crippen molar-refractivity contribution in [2.24, 2.45) is 0 Å². The summed E-state index contributed by atoms with van der Waals surface area (Å²) >= 11 is 0. The SMILES string of the molecule is CCCCCCCCCCCCCCC/C=C\C/C=C\CCCCCCCCCCCCCCCCCCC(O)C(=O)NC(CO)C(O)C(O)CCCCCCCCCCCCCCCCCCCCCCCCCCCCCC. The number of amides is 1. The van der Waals surface area contributed by atoms with Crippen molar-refractivity contribution in [1.29, 1.82) is 0 Å². The molecule has 0 fully saturated rings. The van der Waals surface area contributed by atoms with E-state index in [1.165, 1.54) is 340 Å². The lowest BCUT2D eigenvalue weighted by atomic mass is 9.99. The van der Waals surface area contributed by atoms with Crippen LogP contribution in [0.25, 0.3) is 0 Å². The molecule has 0 aliphatic carbocycles. The normalized spacial score (nSPS) is 13.5. The molecule has 476 valence electrons. The molecule has 0 aliphatic rings. The first-order chi connectivity index (χ1) is 39.5. The number of aliphatic hydroxyl groups excluding tert-OH is 4. The molecule has 0 saturated heterocycles. The van der Waals surface area contributed by atoms with Gasteiger partial charge in [0.1, 0.15) is 12.2 Å². The topological polar surface area (TPSA) is 110 Å². The molecule has 0 saturated carbocycles. The van der Waals surface area contributed by atoms with E-state index in [9.17, 15) is 25.2 Å². The van der Waals surface area contributed by atoms with Gasteiger partial charge in [0.05, 0.1) is 18.8 Å². The minimum Gasteiger partial charge on any atom is -0.394 e. The second-order valence-electron chi connectivity index (χ2n) is 25.7. The van der Waals surface area contributed by atoms with Gasteiger partial charge < -0.3 is 25.7 Å². The van der Waals surface area contributed by atoms with Gasteiger partial charge in [-0.25, -0.2) is 0 Å². The molecule has 5 N–H and O–H groups in total. The van der Waals surface area contributed by atoms with Crippen LogP contribution in [0.4, 0.5) is 0 Å². The van der Waals surface area contributed by atoms with E-state index < -0.39 is 36.9 Å². The maximum atomic E-state index is 12.7. The van der Waals surface area contributed by atoms with Crippen LogP contribution >= 0.6 is 0 Å². The number of rotatable bonds is 69. The molecule has 4 atom stereocenters. The molecule has 80 heavy (non-hydrogen) atoms. The zero-order chi connectivity index (χ0) is 58.0. The Hall–Kier alpha value is -1.21. The van der Waals surface area contributed by atoms with Gasteiger partial charge in [-0.2, -0.15) is 0 Å². The van der Waals surface area contributed by atoms with Crippen molar-refractivity contribution >= 4 is 5.91 Å². The average molecular weight is 1130 g/mol. The van der Waals surface area contributed by atoms with Crippen LogP contribution in [0.15, 0.2) is 24.3 Å². The summed E-state index contributed by atoms with van der Waals surface area (Å²) in [5.41, 5.74) is 0. The molecule has 0 aliphatic heterocycles. The van der Waals surface area contributed by atoms with Crippen molar-refractivity contribution in [3.8, 4) is 0 Å². The molecule has 0 aromatic carbocycles. The summed E-state index contributed by atoms with van der Waals surface area (Å²) in [7, 11) is 0. The van der Waals surface area contributed by atoms with E-state index in [2.05, 4.69) is 43.5 Å². The van der Waals surface area contributed by atoms with Crippen LogP contribution in [-0.4, -0.2) is 57.3 Å². The number of carbonyl (C=O) groups is 1. The van der Waals surface area contributed by atoms with Crippen molar-refractivity contribution in [2.45, 2.75) is 436 Å². The Kier molecular flexibility index (Phi) is 67.5. The van der Waals surface area contributed by atoms with Crippen LogP contribution in [0.1, 0.15) is 412 Å². The van der Waals surface area contributed by atoms with Crippen LogP contribution in [0.3, 0.4) is 0 Å². The van der Waals surface area contributed by atoms with Gasteiger partial charge in [-0.1, -0.05) is 391 Å². The first-order valence-corrected chi connectivity index (χ1v) is 36.7. The molecular weight excluding hydrogens is 983 g/mol. The van der Waals surface area contributed by atoms with Crippen molar-refractivity contribution < 1.29 is 25.2 Å². The van der Waals surface area contributed by atoms with Gasteiger partial charge >= 0.3 is 0 Å². The summed E-state index contributed by atoms with van der Waals surface area (Å²) in [4.78, 5) is 12.7. The first-order valence-electron chi connectivity index (χ1n) is 36.7. The highest BCUT2D eigenvalue weighted by Gasteiger charge is 2.28. The molecule has 6 heteroatoms. The third-order valence-corrected chi connectivity index (χ3v) is 17.7. The van der Waals surface area contributed by atoms with Gasteiger partial charge in [0.25, 0.3) is 0 Å². The predicted octanol–water partition coefficient (Wildman–Crippen LogP) is 22.9. The molecule has 0 heterocycles. The Morgan fingerprint density at radius 3 is 0.787 bits per heavy atom. The Balaban J connectivity index is 3.52. The van der Waals surface area contributed by atoms with Gasteiger partial charge in [0.15, 0.2) is 0 Å². The highest BCUT2D eigenvalue weighted by Crippen LogP contribution is 2.20. The van der Waals surface area contributed by atoms with Gasteiger partial charge in [-0.05, 0) is 44.9 Å². The lowest BCUT2D eigenvalue weighted by Gasteiger charge is -2.27.